The van der Waals surface area contributed by atoms with Gasteiger partial charge in [-0.05, 0) is 57.9 Å². The molecule has 13 heteroatoms. The Morgan fingerprint density at radius 1 is 1.21 bits per heavy atom. The highest BCUT2D eigenvalue weighted by Gasteiger charge is 2.43. The Bertz CT molecular complexity index is 1080. The molecule has 0 bridgehead atoms. The van der Waals surface area contributed by atoms with E-state index in [2.05, 4.69) is 15.0 Å². The van der Waals surface area contributed by atoms with E-state index < -0.39 is 41.5 Å². The lowest BCUT2D eigenvalue weighted by atomic mass is 10.1. The number of rotatable bonds is 9. The number of nitrogens with two attached hydrogens (primary N) is 1. The van der Waals surface area contributed by atoms with Crippen LogP contribution >= 0.6 is 11.6 Å². The molecule has 0 aliphatic rings. The highest BCUT2D eigenvalue weighted by atomic mass is 35.5. The predicted octanol–water partition coefficient (Wildman–Crippen LogP) is 3.24. The summed E-state index contributed by atoms with van der Waals surface area (Å²) in [6.07, 6.45) is -5.09. The number of aromatic nitrogens is 1. The summed E-state index contributed by atoms with van der Waals surface area (Å²) in [6.45, 7) is 3.85. The van der Waals surface area contributed by atoms with Crippen LogP contribution in [0.3, 0.4) is 0 Å². The number of aromatic hydroxyl groups is 1. The summed E-state index contributed by atoms with van der Waals surface area (Å²) >= 11 is 6.17. The molecule has 1 aromatic carbocycles. The molecule has 1 amide bonds. The van der Waals surface area contributed by atoms with Gasteiger partial charge in [-0.1, -0.05) is 11.6 Å². The number of unbranched alkanes of at least 4 members (excludes halogenated alkanes) is 1. The van der Waals surface area contributed by atoms with E-state index in [1.807, 2.05) is 13.8 Å². The first-order chi connectivity index (χ1) is 15.8. The van der Waals surface area contributed by atoms with Crippen LogP contribution in [0.25, 0.3) is 10.8 Å². The van der Waals surface area contributed by atoms with Crippen LogP contribution < -0.4 is 15.8 Å². The second-order valence-electron chi connectivity index (χ2n) is 7.49. The molecular weight excluding hydrogens is 483 g/mol. The molecule has 34 heavy (non-hydrogen) atoms. The van der Waals surface area contributed by atoms with Crippen LogP contribution in [0.2, 0.25) is 5.15 Å². The Kier molecular flexibility index (Phi) is 9.05. The van der Waals surface area contributed by atoms with Gasteiger partial charge >= 0.3 is 18.1 Å². The average Bonchev–Trinajstić information content (AvgIpc) is 2.74. The molecule has 0 spiro atoms. The van der Waals surface area contributed by atoms with Crippen molar-refractivity contribution in [3.05, 3.63) is 29.0 Å². The number of amides is 1. The molecule has 4 N–H and O–H groups in total. The minimum absolute atomic E-state index is 0.136. The lowest BCUT2D eigenvalue weighted by Crippen LogP contribution is -2.44. The van der Waals surface area contributed by atoms with Crippen LogP contribution in [0.1, 0.15) is 43.6 Å². The van der Waals surface area contributed by atoms with E-state index in [1.54, 1.807) is 0 Å². The van der Waals surface area contributed by atoms with E-state index in [1.165, 1.54) is 18.2 Å². The number of ether oxygens (including phenoxy) is 2. The third-order valence-electron chi connectivity index (χ3n) is 4.45. The summed E-state index contributed by atoms with van der Waals surface area (Å²) < 4.78 is 46.8. The molecule has 0 saturated carbocycles. The fraction of sp³-hybridized carbons (Fsp3) is 0.429. The summed E-state index contributed by atoms with van der Waals surface area (Å²) in [5.74, 6) is -5.58. The van der Waals surface area contributed by atoms with Crippen molar-refractivity contribution >= 4 is 40.2 Å². The molecule has 0 radical (unpaired) electrons. The zero-order valence-corrected chi connectivity index (χ0v) is 19.0. The van der Waals surface area contributed by atoms with E-state index in [-0.39, 0.29) is 41.4 Å². The molecule has 1 unspecified atom stereocenters. The Labute approximate surface area is 197 Å². The van der Waals surface area contributed by atoms with Crippen molar-refractivity contribution in [2.45, 2.75) is 51.4 Å². The lowest BCUT2D eigenvalue weighted by Gasteiger charge is -2.18. The first-order valence-corrected chi connectivity index (χ1v) is 10.6. The number of pyridine rings is 1. The van der Waals surface area contributed by atoms with Crippen molar-refractivity contribution < 1.29 is 42.1 Å². The van der Waals surface area contributed by atoms with Crippen LogP contribution in [0.15, 0.2) is 18.2 Å². The van der Waals surface area contributed by atoms with Gasteiger partial charge in [0.2, 0.25) is 0 Å². The number of hydrogen-bond acceptors (Lipinski definition) is 8. The number of nitrogens with one attached hydrogen (secondary N) is 1. The fourth-order valence-corrected chi connectivity index (χ4v) is 3.17. The SMILES string of the molecule is CC(C)Oc1ccc2c(O)c(C(=O)NC(CCCCN)C(=O)OC(=O)C(F)(F)F)nc(Cl)c2c1. The average molecular weight is 506 g/mol. The smallest absolute Gasteiger partial charge is 0.491 e. The zero-order valence-electron chi connectivity index (χ0n) is 18.2. The van der Waals surface area contributed by atoms with Gasteiger partial charge in [0, 0.05) is 10.8 Å². The molecule has 2 rings (SSSR count). The molecular formula is C21H23ClF3N3O6. The minimum atomic E-state index is -5.40. The highest BCUT2D eigenvalue weighted by Crippen LogP contribution is 2.34. The van der Waals surface area contributed by atoms with Gasteiger partial charge in [0.05, 0.1) is 6.10 Å². The number of nitrogens with zero attached hydrogens (tertiary/aromatic N) is 1. The summed E-state index contributed by atoms with van der Waals surface area (Å²) in [7, 11) is 0. The summed E-state index contributed by atoms with van der Waals surface area (Å²) in [5, 5.41) is 13.0. The number of carbonyl (C=O) groups is 3. The van der Waals surface area contributed by atoms with Gasteiger partial charge in [-0.3, -0.25) is 4.79 Å². The van der Waals surface area contributed by atoms with Gasteiger partial charge in [-0.25, -0.2) is 14.6 Å². The Morgan fingerprint density at radius 2 is 1.88 bits per heavy atom. The predicted molar refractivity (Wildman–Crippen MR) is 115 cm³/mol. The van der Waals surface area contributed by atoms with Crippen molar-refractivity contribution in [3.63, 3.8) is 0 Å². The third-order valence-corrected chi connectivity index (χ3v) is 4.74. The molecule has 1 heterocycles. The summed E-state index contributed by atoms with van der Waals surface area (Å²) in [4.78, 5) is 39.8. The number of benzene rings is 1. The highest BCUT2D eigenvalue weighted by molar-refractivity contribution is 6.35. The second-order valence-corrected chi connectivity index (χ2v) is 7.85. The molecule has 1 aromatic heterocycles. The zero-order chi connectivity index (χ0) is 25.6. The second kappa shape index (κ2) is 11.3. The topological polar surface area (TPSA) is 141 Å². The largest absolute Gasteiger partial charge is 0.505 e. The quantitative estimate of drug-likeness (QED) is 0.204. The van der Waals surface area contributed by atoms with E-state index in [0.29, 0.717) is 12.2 Å². The van der Waals surface area contributed by atoms with Gasteiger partial charge in [-0.2, -0.15) is 13.2 Å². The number of halogens is 4. The van der Waals surface area contributed by atoms with Crippen LogP contribution in [-0.4, -0.2) is 52.8 Å². The summed E-state index contributed by atoms with van der Waals surface area (Å²) in [5.41, 5.74) is 4.80. The Balaban J connectivity index is 2.32. The monoisotopic (exact) mass is 505 g/mol. The normalized spacial score (nSPS) is 12.5. The third kappa shape index (κ3) is 6.94. The van der Waals surface area contributed by atoms with Gasteiger partial charge in [0.25, 0.3) is 5.91 Å². The summed E-state index contributed by atoms with van der Waals surface area (Å²) in [6, 6.07) is 2.86. The van der Waals surface area contributed by atoms with Gasteiger partial charge in [0.15, 0.2) is 11.4 Å². The van der Waals surface area contributed by atoms with E-state index in [4.69, 9.17) is 22.1 Å². The van der Waals surface area contributed by atoms with Crippen molar-refractivity contribution in [3.8, 4) is 11.5 Å². The lowest BCUT2D eigenvalue weighted by molar-refractivity contribution is -0.202. The van der Waals surface area contributed by atoms with Gasteiger partial charge in [0.1, 0.15) is 16.9 Å². The van der Waals surface area contributed by atoms with Gasteiger partial charge < -0.3 is 25.6 Å². The van der Waals surface area contributed by atoms with Crippen molar-refractivity contribution in [2.24, 2.45) is 5.73 Å². The Morgan fingerprint density at radius 3 is 2.47 bits per heavy atom. The number of fused-ring (bicyclic) bond motifs is 1. The van der Waals surface area contributed by atoms with Crippen LogP contribution in [0.5, 0.6) is 11.5 Å². The standard InChI is InChI=1S/C21H23ClF3N3O6/c1-10(2)33-11-6-7-12-13(9-11)17(22)28-15(16(12)29)18(30)27-14(5-3-4-8-26)19(31)34-20(32)21(23,24)25/h6-7,9-10,14,29H,3-5,8,26H2,1-2H3,(H,27,30). The van der Waals surface area contributed by atoms with E-state index in [9.17, 15) is 32.7 Å². The first-order valence-electron chi connectivity index (χ1n) is 10.2. The first kappa shape index (κ1) is 27.1. The van der Waals surface area contributed by atoms with E-state index >= 15 is 0 Å². The molecule has 0 aliphatic heterocycles. The molecule has 0 saturated heterocycles. The van der Waals surface area contributed by atoms with Crippen molar-refractivity contribution in [1.29, 1.82) is 0 Å². The maximum Gasteiger partial charge on any atom is 0.491 e. The number of alkyl halides is 3. The van der Waals surface area contributed by atoms with Crippen LogP contribution in [0, 0.1) is 0 Å². The minimum Gasteiger partial charge on any atom is -0.505 e. The van der Waals surface area contributed by atoms with Crippen molar-refractivity contribution in [2.75, 3.05) is 6.54 Å². The molecule has 0 fully saturated rings. The number of esters is 2. The molecule has 9 nitrogen and oxygen atoms in total. The Hall–Kier alpha value is -3.12. The number of hydrogen-bond donors (Lipinski definition) is 3. The van der Waals surface area contributed by atoms with Crippen LogP contribution in [0.4, 0.5) is 13.2 Å². The maximum absolute atomic E-state index is 12.7. The molecule has 1 atom stereocenters. The number of carbonyl (C=O) groups excluding carboxylic acids is 3. The molecule has 0 aliphatic carbocycles. The van der Waals surface area contributed by atoms with Crippen molar-refractivity contribution in [1.82, 2.24) is 10.3 Å². The van der Waals surface area contributed by atoms with E-state index in [0.717, 1.165) is 0 Å². The maximum atomic E-state index is 12.7. The van der Waals surface area contributed by atoms with Crippen LogP contribution in [-0.2, 0) is 14.3 Å². The fourth-order valence-electron chi connectivity index (χ4n) is 2.93. The van der Waals surface area contributed by atoms with Gasteiger partial charge in [-0.15, -0.1) is 0 Å². The molecule has 2 aromatic rings. The molecule has 186 valence electrons.